The largest absolute Gasteiger partial charge is 0.481 e. The van der Waals surface area contributed by atoms with E-state index < -0.39 is 11.9 Å². The second kappa shape index (κ2) is 9.19. The number of aromatic nitrogens is 2. The summed E-state index contributed by atoms with van der Waals surface area (Å²) in [6.45, 7) is 4.44. The zero-order valence-corrected chi connectivity index (χ0v) is 16.6. The molecule has 1 heterocycles. The van der Waals surface area contributed by atoms with Crippen molar-refractivity contribution in [1.82, 2.24) is 15.1 Å². The van der Waals surface area contributed by atoms with Crippen molar-refractivity contribution in [3.63, 3.8) is 0 Å². The summed E-state index contributed by atoms with van der Waals surface area (Å²) in [6, 6.07) is 17.6. The quantitative estimate of drug-likeness (QED) is 0.617. The van der Waals surface area contributed by atoms with E-state index in [1.165, 1.54) is 6.20 Å². The first-order valence-electron chi connectivity index (χ1n) is 9.57. The number of nitrogens with zero attached hydrogens (tertiary/aromatic N) is 2. The van der Waals surface area contributed by atoms with E-state index in [1.54, 1.807) is 4.68 Å². The fraction of sp³-hybridized carbons (Fsp3) is 0.261. The number of benzene rings is 2. The molecule has 2 N–H and O–H groups in total. The molecule has 0 radical (unpaired) electrons. The maximum Gasteiger partial charge on any atom is 0.308 e. The average molecular weight is 391 g/mol. The minimum atomic E-state index is -0.927. The van der Waals surface area contributed by atoms with E-state index in [0.29, 0.717) is 18.5 Å². The van der Waals surface area contributed by atoms with Crippen LogP contribution in [0.25, 0.3) is 0 Å². The first-order chi connectivity index (χ1) is 13.9. The van der Waals surface area contributed by atoms with E-state index in [0.717, 1.165) is 22.4 Å². The number of carbonyl (C=O) groups excluding carboxylic acids is 1. The highest BCUT2D eigenvalue weighted by molar-refractivity contribution is 5.95. The minimum Gasteiger partial charge on any atom is -0.481 e. The van der Waals surface area contributed by atoms with Crippen LogP contribution in [0.15, 0.2) is 60.8 Å². The van der Waals surface area contributed by atoms with Gasteiger partial charge in [-0.2, -0.15) is 5.10 Å². The van der Waals surface area contributed by atoms with Gasteiger partial charge in [-0.05, 0) is 31.4 Å². The molecule has 150 valence electrons. The van der Waals surface area contributed by atoms with E-state index in [-0.39, 0.29) is 12.5 Å². The maximum atomic E-state index is 12.6. The summed E-state index contributed by atoms with van der Waals surface area (Å²) in [5, 5.41) is 16.6. The Labute approximate surface area is 170 Å². The summed E-state index contributed by atoms with van der Waals surface area (Å²) < 4.78 is 1.77. The van der Waals surface area contributed by atoms with Gasteiger partial charge >= 0.3 is 5.97 Å². The zero-order valence-electron chi connectivity index (χ0n) is 16.6. The Bertz CT molecular complexity index is 996. The summed E-state index contributed by atoms with van der Waals surface area (Å²) in [4.78, 5) is 24.3. The fourth-order valence-electron chi connectivity index (χ4n) is 3.27. The molecule has 0 saturated carbocycles. The van der Waals surface area contributed by atoms with Crippen molar-refractivity contribution < 1.29 is 14.7 Å². The van der Waals surface area contributed by atoms with Gasteiger partial charge < -0.3 is 10.4 Å². The molecule has 1 atom stereocenters. The Morgan fingerprint density at radius 3 is 2.48 bits per heavy atom. The minimum absolute atomic E-state index is 0.0609. The normalized spacial score (nSPS) is 11.8. The molecule has 2 aromatic carbocycles. The van der Waals surface area contributed by atoms with E-state index in [1.807, 2.05) is 68.4 Å². The third-order valence-electron chi connectivity index (χ3n) is 4.95. The second-order valence-electron chi connectivity index (χ2n) is 7.23. The van der Waals surface area contributed by atoms with Crippen LogP contribution in [-0.2, 0) is 17.8 Å². The molecule has 0 aliphatic heterocycles. The number of carboxylic acid groups (broad SMARTS) is 1. The van der Waals surface area contributed by atoms with Crippen LogP contribution in [0.1, 0.15) is 32.7 Å². The maximum absolute atomic E-state index is 12.6. The molecular weight excluding hydrogens is 366 g/mol. The summed E-state index contributed by atoms with van der Waals surface area (Å²) >= 11 is 0. The second-order valence-corrected chi connectivity index (χ2v) is 7.23. The van der Waals surface area contributed by atoms with Crippen molar-refractivity contribution in [2.75, 3.05) is 6.54 Å². The zero-order chi connectivity index (χ0) is 20.8. The van der Waals surface area contributed by atoms with Crippen LogP contribution in [0.4, 0.5) is 0 Å². The van der Waals surface area contributed by atoms with E-state index in [9.17, 15) is 14.7 Å². The van der Waals surface area contributed by atoms with Crippen LogP contribution in [0.5, 0.6) is 0 Å². The van der Waals surface area contributed by atoms with Gasteiger partial charge in [-0.15, -0.1) is 0 Å². The Hall–Kier alpha value is -3.41. The molecule has 6 heteroatoms. The van der Waals surface area contributed by atoms with Gasteiger partial charge in [-0.25, -0.2) is 0 Å². The van der Waals surface area contributed by atoms with Crippen molar-refractivity contribution in [2.45, 2.75) is 26.8 Å². The number of hydrogen-bond acceptors (Lipinski definition) is 3. The molecule has 3 aromatic rings. The van der Waals surface area contributed by atoms with Crippen LogP contribution < -0.4 is 5.32 Å². The Balaban J connectivity index is 1.64. The third-order valence-corrected chi connectivity index (χ3v) is 4.95. The summed E-state index contributed by atoms with van der Waals surface area (Å²) in [6.07, 6.45) is 1.90. The third kappa shape index (κ3) is 5.31. The number of hydrogen-bond donors (Lipinski definition) is 2. The van der Waals surface area contributed by atoms with Gasteiger partial charge in [0.15, 0.2) is 0 Å². The van der Waals surface area contributed by atoms with Crippen molar-refractivity contribution in [3.8, 4) is 0 Å². The topological polar surface area (TPSA) is 84.2 Å². The number of aryl methyl sites for hydroxylation is 1. The molecule has 0 saturated heterocycles. The highest BCUT2D eigenvalue weighted by Gasteiger charge is 2.21. The number of carboxylic acids is 1. The van der Waals surface area contributed by atoms with Crippen molar-refractivity contribution in [2.24, 2.45) is 5.92 Å². The summed E-state index contributed by atoms with van der Waals surface area (Å²) in [5.41, 5.74) is 4.32. The monoisotopic (exact) mass is 391 g/mol. The van der Waals surface area contributed by atoms with E-state index in [2.05, 4.69) is 10.4 Å². The molecule has 0 aliphatic rings. The average Bonchev–Trinajstić information content (AvgIpc) is 3.06. The van der Waals surface area contributed by atoms with Crippen LogP contribution in [0, 0.1) is 19.8 Å². The highest BCUT2D eigenvalue weighted by Crippen LogP contribution is 2.13. The lowest BCUT2D eigenvalue weighted by Crippen LogP contribution is -2.34. The molecule has 6 nitrogen and oxygen atoms in total. The Morgan fingerprint density at radius 1 is 1.07 bits per heavy atom. The lowest BCUT2D eigenvalue weighted by Gasteiger charge is -2.14. The summed E-state index contributed by atoms with van der Waals surface area (Å²) in [7, 11) is 0. The Kier molecular flexibility index (Phi) is 6.44. The number of nitrogens with one attached hydrogen (secondary N) is 1. The number of rotatable bonds is 8. The first-order valence-corrected chi connectivity index (χ1v) is 9.57. The molecular formula is C23H25N3O3. The molecule has 0 aliphatic carbocycles. The van der Waals surface area contributed by atoms with E-state index in [4.69, 9.17) is 0 Å². The van der Waals surface area contributed by atoms with Gasteiger partial charge in [0.2, 0.25) is 0 Å². The molecule has 1 unspecified atom stereocenters. The standard InChI is InChI=1S/C23H25N3O3/c1-16-7-6-10-19(11-16)12-20(23(28)29)13-24-22(27)21-14-25-26(17(21)2)15-18-8-4-3-5-9-18/h3-11,14,20H,12-13,15H2,1-2H3,(H,24,27)(H,28,29). The van der Waals surface area contributed by atoms with Crippen LogP contribution in [0.2, 0.25) is 0 Å². The summed E-state index contributed by atoms with van der Waals surface area (Å²) in [5.74, 6) is -1.93. The van der Waals surface area contributed by atoms with Gasteiger partial charge in [0.1, 0.15) is 0 Å². The predicted octanol–water partition coefficient (Wildman–Crippen LogP) is 3.22. The van der Waals surface area contributed by atoms with Gasteiger partial charge in [0.25, 0.3) is 5.91 Å². The number of carbonyl (C=O) groups is 2. The Morgan fingerprint density at radius 2 is 1.79 bits per heavy atom. The van der Waals surface area contributed by atoms with Crippen LogP contribution in [0.3, 0.4) is 0 Å². The van der Waals surface area contributed by atoms with Gasteiger partial charge in [0, 0.05) is 12.2 Å². The predicted molar refractivity (Wildman–Crippen MR) is 111 cm³/mol. The first kappa shape index (κ1) is 20.3. The smallest absolute Gasteiger partial charge is 0.308 e. The molecule has 3 rings (SSSR count). The molecule has 1 amide bonds. The molecule has 0 fully saturated rings. The molecule has 29 heavy (non-hydrogen) atoms. The van der Waals surface area contributed by atoms with Gasteiger partial charge in [0.05, 0.1) is 24.2 Å². The highest BCUT2D eigenvalue weighted by atomic mass is 16.4. The fourth-order valence-corrected chi connectivity index (χ4v) is 3.27. The lowest BCUT2D eigenvalue weighted by atomic mass is 9.98. The van der Waals surface area contributed by atoms with Crippen molar-refractivity contribution in [1.29, 1.82) is 0 Å². The van der Waals surface area contributed by atoms with Crippen LogP contribution >= 0.6 is 0 Å². The lowest BCUT2D eigenvalue weighted by molar-refractivity contribution is -0.141. The number of aliphatic carboxylic acids is 1. The van der Waals surface area contributed by atoms with Crippen molar-refractivity contribution >= 4 is 11.9 Å². The van der Waals surface area contributed by atoms with E-state index >= 15 is 0 Å². The van der Waals surface area contributed by atoms with Gasteiger partial charge in [-0.3, -0.25) is 14.3 Å². The molecule has 0 bridgehead atoms. The van der Waals surface area contributed by atoms with Crippen molar-refractivity contribution in [3.05, 3.63) is 88.7 Å². The number of amides is 1. The van der Waals surface area contributed by atoms with Crippen LogP contribution in [-0.4, -0.2) is 33.3 Å². The SMILES string of the molecule is Cc1cccc(CC(CNC(=O)c2cnn(Cc3ccccc3)c2C)C(=O)O)c1. The van der Waals surface area contributed by atoms with Gasteiger partial charge in [-0.1, -0.05) is 60.2 Å². The molecule has 0 spiro atoms. The molecule has 1 aromatic heterocycles.